The van der Waals surface area contributed by atoms with Crippen LogP contribution in [0.4, 0.5) is 13.2 Å². The maximum Gasteiger partial charge on any atom is 0.430 e. The molecular weight excluding hydrogens is 1650 g/mol. The van der Waals surface area contributed by atoms with Gasteiger partial charge in [0, 0.05) is 42.1 Å². The average Bonchev–Trinajstić information content (AvgIpc) is 0.758. The maximum atomic E-state index is 16.3. The zero-order chi connectivity index (χ0) is 89.9. The minimum atomic E-state index is -5.19. The van der Waals surface area contributed by atoms with E-state index in [-0.39, 0.29) is 75.2 Å². The second-order valence-corrected chi connectivity index (χ2v) is 32.8. The first kappa shape index (κ1) is 95.8. The number of unbranched alkanes of at least 4 members (excludes halogenated alkanes) is 5. The zero-order valence-electron chi connectivity index (χ0n) is 67.8. The Labute approximate surface area is 708 Å². The van der Waals surface area contributed by atoms with E-state index in [0.29, 0.717) is 17.4 Å². The van der Waals surface area contributed by atoms with Crippen LogP contribution in [0.1, 0.15) is 157 Å². The highest BCUT2D eigenvalue weighted by Crippen LogP contribution is 2.50. The number of nitrogens with zero attached hydrogens (tertiary/aromatic N) is 1. The fourth-order valence-electron chi connectivity index (χ4n) is 14.8. The van der Waals surface area contributed by atoms with Crippen molar-refractivity contribution in [2.45, 2.75) is 214 Å². The number of likely N-dealkylation sites (N-methyl/N-ethyl adjacent to an activating group) is 1. The molecular formula is C81H104Cl2F3N11O25. The van der Waals surface area contributed by atoms with E-state index in [9.17, 15) is 78.3 Å². The minimum Gasteiger partial charge on any atom is -0.542 e. The van der Waals surface area contributed by atoms with E-state index >= 15 is 19.2 Å². The summed E-state index contributed by atoms with van der Waals surface area (Å²) in [7, 11) is 5.62. The Morgan fingerprint density at radius 1 is 0.713 bits per heavy atom. The summed E-state index contributed by atoms with van der Waals surface area (Å²) in [5.41, 5.74) is 8.78. The van der Waals surface area contributed by atoms with Gasteiger partial charge in [-0.05, 0) is 128 Å². The molecule has 7 heterocycles. The summed E-state index contributed by atoms with van der Waals surface area (Å²) in [6.07, 6.45) is -16.7. The van der Waals surface area contributed by atoms with Gasteiger partial charge < -0.3 is 143 Å². The largest absolute Gasteiger partial charge is 0.542 e. The van der Waals surface area contributed by atoms with E-state index in [2.05, 4.69) is 63.6 Å². The van der Waals surface area contributed by atoms with Crippen molar-refractivity contribution in [2.24, 2.45) is 17.4 Å². The zero-order valence-corrected chi connectivity index (χ0v) is 69.4. The standard InChI is InChI=1S/C79H103Cl2N11O23.C2HF3O2/c1-9-10-11-12-13-14-23-92(7,8)24-15-22-85-73(105)61-44-31-42(94)32-50(96)58(44)43-26-38(16-19-49(43)95)59-74(106)91-63(77(109)89-61)65(99)40-18-21-52(46(81)28-40)112-54-30-41-29-53(68(54)115-78-69(67(101)66(100)55(35-93)113-78)114-57-34-79(5,83)70(102)37(4)110-57)111-51-20-17-39(27-45(51)80)64(98)62(90-71(103)47(84-6)25-36(2)3)76(108)86-48(33-56(82)97)72(104)87-60(41)75(107)88-59;3-2(4,5)1(6)7/h16-21,26-32,36-37,47-48,55,57,59-67,69-70,78,84,93,98-102H,9-15,22-25,33-35,83H2,1-8H3,(H11-,82,85,86,87,88,89,90,91,94,95,96,97,103,104,105,106,107,108,109);(H,6,7)/t37-,47+,48-,55+,57-,59+,60+,61-,62+,63-,64+,65+,66+,67-,69+,70+,78-,79-;/m0./s1. The van der Waals surface area contributed by atoms with Crippen molar-refractivity contribution in [3.05, 3.63) is 117 Å². The first-order valence-corrected chi connectivity index (χ1v) is 40.2. The number of benzene rings is 5. The number of carboxylic acids is 1. The molecule has 12 rings (SSSR count). The molecule has 2 fully saturated rings. The Hall–Kier alpha value is -9.98. The molecule has 11 bridgehead atoms. The van der Waals surface area contributed by atoms with Gasteiger partial charge in [-0.3, -0.25) is 38.4 Å². The number of quaternary nitrogens is 1. The number of aliphatic hydroxyl groups excluding tert-OH is 6. The van der Waals surface area contributed by atoms with Crippen LogP contribution >= 0.6 is 23.2 Å². The van der Waals surface area contributed by atoms with Gasteiger partial charge in [-0.25, -0.2) is 0 Å². The number of fused-ring (bicyclic) bond motifs is 15. The summed E-state index contributed by atoms with van der Waals surface area (Å²) < 4.78 is 70.9. The van der Waals surface area contributed by atoms with Crippen molar-refractivity contribution in [1.29, 1.82) is 0 Å². The Morgan fingerprint density at radius 3 is 1.88 bits per heavy atom. The third kappa shape index (κ3) is 23.7. The highest BCUT2D eigenvalue weighted by molar-refractivity contribution is 6.32. The van der Waals surface area contributed by atoms with Crippen molar-refractivity contribution in [2.75, 3.05) is 47.4 Å². The van der Waals surface area contributed by atoms with Crippen molar-refractivity contribution in [3.8, 4) is 57.1 Å². The lowest BCUT2D eigenvalue weighted by Crippen LogP contribution is -2.64. The monoisotopic (exact) mass is 1760 g/mol. The molecule has 2 saturated heterocycles. The maximum absolute atomic E-state index is 16.3. The number of hydrogen-bond acceptors (Lipinski definition) is 27. The topological polar surface area (TPSA) is 562 Å². The Bertz CT molecular complexity index is 4650. The summed E-state index contributed by atoms with van der Waals surface area (Å²) in [6, 6.07) is 0.678. The molecule has 7 aliphatic rings. The van der Waals surface area contributed by atoms with E-state index in [1.165, 1.54) is 45.2 Å². The van der Waals surface area contributed by atoms with Gasteiger partial charge in [0.2, 0.25) is 59.3 Å². The molecule has 0 aromatic heterocycles. The van der Waals surface area contributed by atoms with E-state index in [1.54, 1.807) is 0 Å². The minimum absolute atomic E-state index is 0.0363. The van der Waals surface area contributed by atoms with Gasteiger partial charge in [0.15, 0.2) is 23.9 Å². The molecule has 0 aliphatic carbocycles. The van der Waals surface area contributed by atoms with Crippen molar-refractivity contribution >= 4 is 76.4 Å². The van der Waals surface area contributed by atoms with Crippen molar-refractivity contribution in [3.63, 3.8) is 0 Å². The third-order valence-electron chi connectivity index (χ3n) is 21.4. The Morgan fingerprint density at radius 2 is 1.30 bits per heavy atom. The molecule has 0 unspecified atom stereocenters. The predicted molar refractivity (Wildman–Crippen MR) is 426 cm³/mol. The van der Waals surface area contributed by atoms with Gasteiger partial charge in [0.25, 0.3) is 0 Å². The first-order chi connectivity index (χ1) is 57.3. The molecule has 5 aromatic rings. The Balaban J connectivity index is 0.00000231. The second-order valence-electron chi connectivity index (χ2n) is 32.0. The van der Waals surface area contributed by atoms with Crippen LogP contribution in [0.15, 0.2) is 78.9 Å². The van der Waals surface area contributed by atoms with Crippen molar-refractivity contribution in [1.82, 2.24) is 42.5 Å². The normalized spacial score (nSPS) is 26.5. The summed E-state index contributed by atoms with van der Waals surface area (Å²) in [4.78, 5) is 129. The van der Waals surface area contributed by atoms with Gasteiger partial charge in [-0.15, -0.1) is 0 Å². The van der Waals surface area contributed by atoms with Crippen LogP contribution in [0.25, 0.3) is 11.1 Å². The van der Waals surface area contributed by atoms with Gasteiger partial charge in [-0.1, -0.05) is 87.9 Å². The lowest BCUT2D eigenvalue weighted by molar-refractivity contribution is -0.890. The fourth-order valence-corrected chi connectivity index (χ4v) is 15.2. The number of ether oxygens (including phenoxy) is 6. The number of amides is 8. The molecule has 0 spiro atoms. The lowest BCUT2D eigenvalue weighted by Gasteiger charge is -2.47. The molecule has 0 saturated carbocycles. The number of carboxylic acid groups (broad SMARTS) is 1. The predicted octanol–water partition coefficient (Wildman–Crippen LogP) is 2.26. The summed E-state index contributed by atoms with van der Waals surface area (Å²) in [5, 5.41) is 135. The average molecular weight is 1760 g/mol. The molecule has 5 aromatic carbocycles. The van der Waals surface area contributed by atoms with Crippen LogP contribution < -0.4 is 73.3 Å². The number of aliphatic hydroxyl groups is 6. The summed E-state index contributed by atoms with van der Waals surface area (Å²) >= 11 is 14.3. The SMILES string of the molecule is CCCCCCCC[N+](C)(C)CCCNC(=O)[C@H]1NC(=O)[C@H]2NC(=O)[C@H](NC(=O)[C@@H]3NC(=O)[C@H](CC(N)=O)NC(=O)[C@H](NC(=O)[C@@H](CC(C)C)NC)[C@H](O)c4ccc(c(Cl)c4)Oc4cc3cc(c4O[C@@H]3O[C@H](CO)[C@@H](O)[C@H](O)[C@H]3O[C@H]3C[C@](C)(N)[C@H](O)[C@H](C)O3)Oc3ccc(cc3Cl)[C@H]2O)c2ccc(O)c(c2)-c2c(O)cc(O)cc21.O=C([O-])C(F)(F)F. The fraction of sp³-hybridized carbons (Fsp3) is 0.519. The quantitative estimate of drug-likeness (QED) is 0.0311. The number of nitrogens with two attached hydrogens (primary N) is 2. The number of nitrogens with one attached hydrogen (secondary N) is 8. The first-order valence-electron chi connectivity index (χ1n) is 39.5. The number of aliphatic carboxylic acids is 1. The van der Waals surface area contributed by atoms with E-state index < -0.39 is 227 Å². The van der Waals surface area contributed by atoms with Crippen LogP contribution in [0.5, 0.6) is 46.0 Å². The molecule has 8 amide bonds. The molecule has 122 heavy (non-hydrogen) atoms. The lowest BCUT2D eigenvalue weighted by atomic mass is 9.86. The van der Waals surface area contributed by atoms with Crippen LogP contribution in [0, 0.1) is 5.92 Å². The van der Waals surface area contributed by atoms with E-state index in [0.717, 1.165) is 99.7 Å². The summed E-state index contributed by atoms with van der Waals surface area (Å²) in [5.74, 6) is -17.4. The van der Waals surface area contributed by atoms with Crippen LogP contribution in [-0.2, 0) is 57.4 Å². The molecule has 0 radical (unpaired) electrons. The number of carbonyl (C=O) groups excluding carboxylic acids is 9. The van der Waals surface area contributed by atoms with Gasteiger partial charge >= 0.3 is 6.18 Å². The molecule has 36 nitrogen and oxygen atoms in total. The van der Waals surface area contributed by atoms with Gasteiger partial charge in [0.1, 0.15) is 101 Å². The highest BCUT2D eigenvalue weighted by atomic mass is 35.5. The van der Waals surface area contributed by atoms with Crippen LogP contribution in [0.2, 0.25) is 10.0 Å². The number of rotatable bonds is 24. The number of primary amides is 1. The smallest absolute Gasteiger partial charge is 0.430 e. The summed E-state index contributed by atoms with van der Waals surface area (Å²) in [6.45, 7) is 9.37. The van der Waals surface area contributed by atoms with Crippen LogP contribution in [-0.4, -0.2) is 236 Å². The number of phenols is 3. The number of halogens is 5. The number of alkyl halides is 3. The number of phenolic OH excluding ortho intramolecular Hbond substituents is 3. The Kier molecular flexibility index (Phi) is 32.2. The number of carbonyl (C=O) groups is 9. The molecule has 41 heteroatoms. The third-order valence-corrected chi connectivity index (χ3v) is 22.0. The number of aromatic hydroxyl groups is 3. The van der Waals surface area contributed by atoms with Gasteiger partial charge in [0.05, 0.1) is 68.5 Å². The van der Waals surface area contributed by atoms with E-state index in [1.807, 2.05) is 13.8 Å². The molecule has 7 aliphatic heterocycles. The number of hydrogen-bond donors (Lipinski definition) is 19. The highest BCUT2D eigenvalue weighted by Gasteiger charge is 2.52. The van der Waals surface area contributed by atoms with Crippen LogP contribution in [0.3, 0.4) is 0 Å². The molecule has 21 N–H and O–H groups in total. The van der Waals surface area contributed by atoms with Crippen molar-refractivity contribution < 1.29 is 140 Å². The molecule has 668 valence electrons. The second kappa shape index (κ2) is 41.0. The molecule has 18 atom stereocenters. The van der Waals surface area contributed by atoms with E-state index in [4.69, 9.17) is 73.0 Å². The van der Waals surface area contributed by atoms with Gasteiger partial charge in [-0.2, -0.15) is 13.2 Å².